The largest absolute Gasteiger partial charge is 0.129 e. The summed E-state index contributed by atoms with van der Waals surface area (Å²) in [4.78, 5) is 0. The lowest BCUT2D eigenvalue weighted by atomic mass is 10.2. The first-order valence-corrected chi connectivity index (χ1v) is 5.12. The zero-order chi connectivity index (χ0) is 7.66. The van der Waals surface area contributed by atoms with E-state index in [1.807, 2.05) is 11.7 Å². The quantitative estimate of drug-likeness (QED) is 0.433. The Labute approximate surface area is 68.4 Å². The van der Waals surface area contributed by atoms with Crippen molar-refractivity contribution in [2.75, 3.05) is 6.26 Å². The van der Waals surface area contributed by atoms with Crippen LogP contribution < -0.4 is 0 Å². The highest BCUT2D eigenvalue weighted by Gasteiger charge is 1.78. The summed E-state index contributed by atoms with van der Waals surface area (Å²) in [5, 5.41) is 1.99. The zero-order valence-electron chi connectivity index (χ0n) is 6.89. The number of unbranched alkanes of at least 4 members (excludes halogenated alkanes) is 3. The Bertz CT molecular complexity index is 110. The molecule has 0 unspecified atom stereocenters. The summed E-state index contributed by atoms with van der Waals surface area (Å²) >= 11 is 1.70. The third kappa shape index (κ3) is 7.87. The Morgan fingerprint density at radius 1 is 1.40 bits per heavy atom. The van der Waals surface area contributed by atoms with Crippen molar-refractivity contribution >= 4 is 11.8 Å². The van der Waals surface area contributed by atoms with Crippen molar-refractivity contribution in [1.29, 1.82) is 0 Å². The van der Waals surface area contributed by atoms with Crippen molar-refractivity contribution < 1.29 is 0 Å². The lowest BCUT2D eigenvalue weighted by Gasteiger charge is -1.88. The highest BCUT2D eigenvalue weighted by Crippen LogP contribution is 1.99. The van der Waals surface area contributed by atoms with Gasteiger partial charge in [0.1, 0.15) is 0 Å². The molecular weight excluding hydrogens is 140 g/mol. The number of allylic oxidation sites excluding steroid dienone is 1. The van der Waals surface area contributed by atoms with Crippen LogP contribution in [0, 0.1) is 0 Å². The summed E-state index contributed by atoms with van der Waals surface area (Å²) in [6.07, 6.45) is 9.31. The third-order valence-corrected chi connectivity index (χ3v) is 1.63. The molecule has 0 bridgehead atoms. The minimum Gasteiger partial charge on any atom is -0.129 e. The minimum absolute atomic E-state index is 1.19. The fourth-order valence-corrected chi connectivity index (χ4v) is 0.928. The van der Waals surface area contributed by atoms with E-state index in [0.717, 1.165) is 0 Å². The molecule has 0 aliphatic heterocycles. The van der Waals surface area contributed by atoms with Crippen molar-refractivity contribution in [2.24, 2.45) is 0 Å². The molecule has 58 valence electrons. The summed E-state index contributed by atoms with van der Waals surface area (Å²) < 4.78 is 0. The highest BCUT2D eigenvalue weighted by atomic mass is 32.2. The Kier molecular flexibility index (Phi) is 8.75. The summed E-state index contributed by atoms with van der Waals surface area (Å²) in [7, 11) is 0. The second-order valence-electron chi connectivity index (χ2n) is 2.22. The molecule has 0 aliphatic carbocycles. The molecule has 0 fully saturated rings. The highest BCUT2D eigenvalue weighted by molar-refractivity contribution is 8.01. The van der Waals surface area contributed by atoms with Gasteiger partial charge in [-0.15, -0.1) is 17.5 Å². The first-order valence-electron chi connectivity index (χ1n) is 3.84. The van der Waals surface area contributed by atoms with Crippen molar-refractivity contribution in [3.63, 3.8) is 0 Å². The average Bonchev–Trinajstić information content (AvgIpc) is 1.97. The van der Waals surface area contributed by atoms with E-state index in [4.69, 9.17) is 0 Å². The van der Waals surface area contributed by atoms with Crippen molar-refractivity contribution in [3.05, 3.63) is 17.2 Å². The molecule has 1 heteroatoms. The first kappa shape index (κ1) is 9.87. The van der Waals surface area contributed by atoms with E-state index in [-0.39, 0.29) is 0 Å². The van der Waals surface area contributed by atoms with E-state index >= 15 is 0 Å². The van der Waals surface area contributed by atoms with Gasteiger partial charge in [0.2, 0.25) is 0 Å². The normalized spacial score (nSPS) is 8.60. The summed E-state index contributed by atoms with van der Waals surface area (Å²) in [5.74, 6) is 0. The fourth-order valence-electron chi connectivity index (χ4n) is 0.696. The van der Waals surface area contributed by atoms with Crippen LogP contribution in [0.15, 0.2) is 17.2 Å². The van der Waals surface area contributed by atoms with Gasteiger partial charge in [-0.05, 0) is 25.2 Å². The molecule has 0 heterocycles. The second kappa shape index (κ2) is 8.87. The van der Waals surface area contributed by atoms with Gasteiger partial charge in [0.25, 0.3) is 0 Å². The van der Waals surface area contributed by atoms with Crippen molar-refractivity contribution in [2.45, 2.75) is 32.6 Å². The van der Waals surface area contributed by atoms with E-state index in [0.29, 0.717) is 0 Å². The van der Waals surface area contributed by atoms with Crippen LogP contribution in [0.3, 0.4) is 0 Å². The molecule has 0 atom stereocenters. The third-order valence-electron chi connectivity index (χ3n) is 1.26. The van der Waals surface area contributed by atoms with Gasteiger partial charge in [-0.1, -0.05) is 19.8 Å². The average molecular weight is 156 g/mol. The topological polar surface area (TPSA) is 0 Å². The molecule has 0 saturated heterocycles. The van der Waals surface area contributed by atoms with Crippen molar-refractivity contribution in [1.82, 2.24) is 0 Å². The molecular formula is C9H16S. The standard InChI is InChI=1S/C9H16S/c1-3-4-5-6-7-8-9-10-2/h7,9H,3-6H2,1-2H3. The molecule has 0 amide bonds. The van der Waals surface area contributed by atoms with E-state index < -0.39 is 0 Å². The summed E-state index contributed by atoms with van der Waals surface area (Å²) in [5.41, 5.74) is 3.11. The molecule has 0 radical (unpaired) electrons. The smallest absolute Gasteiger partial charge is 0.0122 e. The van der Waals surface area contributed by atoms with Gasteiger partial charge in [-0.2, -0.15) is 0 Å². The Hall–Kier alpha value is -0.130. The van der Waals surface area contributed by atoms with Crippen LogP contribution in [0.5, 0.6) is 0 Å². The zero-order valence-corrected chi connectivity index (χ0v) is 7.71. The van der Waals surface area contributed by atoms with E-state index in [1.165, 1.54) is 25.7 Å². The Morgan fingerprint density at radius 2 is 2.20 bits per heavy atom. The molecule has 0 aromatic carbocycles. The van der Waals surface area contributed by atoms with Gasteiger partial charge >= 0.3 is 0 Å². The van der Waals surface area contributed by atoms with Gasteiger partial charge < -0.3 is 0 Å². The second-order valence-corrected chi connectivity index (χ2v) is 2.93. The monoisotopic (exact) mass is 156 g/mol. The fraction of sp³-hybridized carbons (Fsp3) is 0.667. The molecule has 10 heavy (non-hydrogen) atoms. The maximum absolute atomic E-state index is 3.11. The van der Waals surface area contributed by atoms with Crippen LogP contribution in [-0.2, 0) is 0 Å². The molecule has 0 aliphatic rings. The molecule has 0 saturated carbocycles. The Balaban J connectivity index is 3.10. The summed E-state index contributed by atoms with van der Waals surface area (Å²) in [6.45, 7) is 2.22. The van der Waals surface area contributed by atoms with Gasteiger partial charge in [0.15, 0.2) is 0 Å². The maximum atomic E-state index is 3.11. The summed E-state index contributed by atoms with van der Waals surface area (Å²) in [6, 6.07) is 0. The molecule has 0 N–H and O–H groups in total. The lowest BCUT2D eigenvalue weighted by Crippen LogP contribution is -1.68. The van der Waals surface area contributed by atoms with Gasteiger partial charge in [-0.3, -0.25) is 0 Å². The SMILES string of the molecule is CCCCCC=C=CSC. The molecule has 0 spiro atoms. The Morgan fingerprint density at radius 3 is 2.80 bits per heavy atom. The molecule has 0 aromatic heterocycles. The van der Waals surface area contributed by atoms with E-state index in [2.05, 4.69) is 18.7 Å². The lowest BCUT2D eigenvalue weighted by molar-refractivity contribution is 0.729. The van der Waals surface area contributed by atoms with Crippen LogP contribution >= 0.6 is 11.8 Å². The maximum Gasteiger partial charge on any atom is 0.0122 e. The van der Waals surface area contributed by atoms with Gasteiger partial charge in [0, 0.05) is 5.41 Å². The van der Waals surface area contributed by atoms with Crippen LogP contribution in [0.4, 0.5) is 0 Å². The van der Waals surface area contributed by atoms with Crippen LogP contribution in [0.1, 0.15) is 32.6 Å². The predicted molar refractivity (Wildman–Crippen MR) is 50.3 cm³/mol. The van der Waals surface area contributed by atoms with Crippen LogP contribution in [0.2, 0.25) is 0 Å². The van der Waals surface area contributed by atoms with E-state index in [9.17, 15) is 0 Å². The number of rotatable bonds is 5. The van der Waals surface area contributed by atoms with Crippen molar-refractivity contribution in [3.8, 4) is 0 Å². The minimum atomic E-state index is 1.19. The molecule has 0 rings (SSSR count). The van der Waals surface area contributed by atoms with Gasteiger partial charge in [0.05, 0.1) is 0 Å². The molecule has 0 nitrogen and oxygen atoms in total. The van der Waals surface area contributed by atoms with Crippen LogP contribution in [0.25, 0.3) is 0 Å². The number of thioether (sulfide) groups is 1. The van der Waals surface area contributed by atoms with Crippen LogP contribution in [-0.4, -0.2) is 6.26 Å². The number of hydrogen-bond donors (Lipinski definition) is 0. The predicted octanol–water partition coefficient (Wildman–Crippen LogP) is 3.60. The van der Waals surface area contributed by atoms with E-state index in [1.54, 1.807) is 11.8 Å². The number of hydrogen-bond acceptors (Lipinski definition) is 1. The first-order chi connectivity index (χ1) is 4.91. The molecule has 0 aromatic rings. The van der Waals surface area contributed by atoms with Gasteiger partial charge in [-0.25, -0.2) is 0 Å².